The Morgan fingerprint density at radius 2 is 2.31 bits per heavy atom. The molecule has 16 heavy (non-hydrogen) atoms. The van der Waals surface area contributed by atoms with Gasteiger partial charge in [-0.2, -0.15) is 5.26 Å². The molecule has 0 saturated heterocycles. The standard InChI is InChI=1S/C9H5ClF2N2O2/c10-2-4-1-5(9(15)16)14-6(3-13)7(4)8(11)12/h1,8H,2H2,(H,15,16). The number of aromatic nitrogens is 1. The lowest BCUT2D eigenvalue weighted by molar-refractivity contribution is 0.0689. The number of nitrogens with zero attached hydrogens (tertiary/aromatic N) is 2. The smallest absolute Gasteiger partial charge is 0.354 e. The maximum atomic E-state index is 12.6. The van der Waals surface area contributed by atoms with Gasteiger partial charge in [-0.05, 0) is 11.6 Å². The fourth-order valence-electron chi connectivity index (χ4n) is 1.16. The molecule has 1 aromatic heterocycles. The Morgan fingerprint density at radius 1 is 1.69 bits per heavy atom. The molecule has 0 radical (unpaired) electrons. The van der Waals surface area contributed by atoms with Crippen molar-refractivity contribution in [1.82, 2.24) is 4.98 Å². The van der Waals surface area contributed by atoms with Gasteiger partial charge in [-0.1, -0.05) is 0 Å². The van der Waals surface area contributed by atoms with Gasteiger partial charge in [0, 0.05) is 5.88 Å². The number of aromatic carboxylic acids is 1. The van der Waals surface area contributed by atoms with Gasteiger partial charge in [-0.25, -0.2) is 18.6 Å². The molecule has 0 atom stereocenters. The van der Waals surface area contributed by atoms with Gasteiger partial charge < -0.3 is 5.11 Å². The van der Waals surface area contributed by atoms with Crippen LogP contribution in [0.2, 0.25) is 0 Å². The van der Waals surface area contributed by atoms with E-state index in [-0.39, 0.29) is 11.4 Å². The lowest BCUT2D eigenvalue weighted by atomic mass is 10.1. The summed E-state index contributed by atoms with van der Waals surface area (Å²) in [5, 5.41) is 17.3. The van der Waals surface area contributed by atoms with Gasteiger partial charge in [0.25, 0.3) is 6.43 Å². The molecule has 0 aliphatic heterocycles. The van der Waals surface area contributed by atoms with Crippen LogP contribution in [-0.4, -0.2) is 16.1 Å². The number of carboxylic acid groups (broad SMARTS) is 1. The quantitative estimate of drug-likeness (QED) is 0.831. The van der Waals surface area contributed by atoms with Crippen LogP contribution in [0.15, 0.2) is 6.07 Å². The predicted octanol–water partition coefficient (Wildman–Crippen LogP) is 2.33. The van der Waals surface area contributed by atoms with Crippen LogP contribution < -0.4 is 0 Å². The molecule has 0 aliphatic rings. The molecule has 0 amide bonds. The molecule has 0 fully saturated rings. The summed E-state index contributed by atoms with van der Waals surface area (Å²) in [7, 11) is 0. The van der Waals surface area contributed by atoms with Gasteiger partial charge in [-0.3, -0.25) is 0 Å². The van der Waals surface area contributed by atoms with E-state index in [0.717, 1.165) is 6.07 Å². The van der Waals surface area contributed by atoms with Crippen LogP contribution in [0.5, 0.6) is 0 Å². The van der Waals surface area contributed by atoms with Gasteiger partial charge in [0.15, 0.2) is 5.69 Å². The van der Waals surface area contributed by atoms with Crippen LogP contribution in [0.25, 0.3) is 0 Å². The molecule has 7 heteroatoms. The van der Waals surface area contributed by atoms with Crippen molar-refractivity contribution in [2.45, 2.75) is 12.3 Å². The number of alkyl halides is 3. The Kier molecular flexibility index (Phi) is 3.74. The van der Waals surface area contributed by atoms with Crippen molar-refractivity contribution in [2.24, 2.45) is 0 Å². The summed E-state index contributed by atoms with van der Waals surface area (Å²) in [6, 6.07) is 2.38. The molecule has 1 N–H and O–H groups in total. The van der Waals surface area contributed by atoms with Crippen molar-refractivity contribution in [2.75, 3.05) is 0 Å². The minimum atomic E-state index is -2.92. The predicted molar refractivity (Wildman–Crippen MR) is 50.4 cm³/mol. The van der Waals surface area contributed by atoms with E-state index >= 15 is 0 Å². The zero-order chi connectivity index (χ0) is 12.3. The number of pyridine rings is 1. The fraction of sp³-hybridized carbons (Fsp3) is 0.222. The van der Waals surface area contributed by atoms with Crippen molar-refractivity contribution in [1.29, 1.82) is 5.26 Å². The number of hydrogen-bond acceptors (Lipinski definition) is 3. The minimum Gasteiger partial charge on any atom is -0.477 e. The molecular formula is C9H5ClF2N2O2. The lowest BCUT2D eigenvalue weighted by Crippen LogP contribution is -2.08. The van der Waals surface area contributed by atoms with E-state index in [0.29, 0.717) is 0 Å². The van der Waals surface area contributed by atoms with Crippen molar-refractivity contribution >= 4 is 17.6 Å². The van der Waals surface area contributed by atoms with Crippen LogP contribution in [0.4, 0.5) is 8.78 Å². The SMILES string of the molecule is N#Cc1nc(C(=O)O)cc(CCl)c1C(F)F. The first-order valence-corrected chi connectivity index (χ1v) is 4.56. The lowest BCUT2D eigenvalue weighted by Gasteiger charge is -2.08. The van der Waals surface area contributed by atoms with Crippen LogP contribution in [0.3, 0.4) is 0 Å². The van der Waals surface area contributed by atoms with E-state index in [1.807, 2.05) is 0 Å². The molecule has 0 unspecified atom stereocenters. The van der Waals surface area contributed by atoms with Crippen molar-refractivity contribution in [3.05, 3.63) is 28.6 Å². The van der Waals surface area contributed by atoms with Crippen molar-refractivity contribution < 1.29 is 18.7 Å². The average molecular weight is 247 g/mol. The molecule has 1 aromatic rings. The molecule has 0 aromatic carbocycles. The number of hydrogen-bond donors (Lipinski definition) is 1. The highest BCUT2D eigenvalue weighted by Crippen LogP contribution is 2.27. The number of nitriles is 1. The molecule has 0 saturated carbocycles. The topological polar surface area (TPSA) is 74.0 Å². The van der Waals surface area contributed by atoms with E-state index in [2.05, 4.69) is 4.98 Å². The molecule has 4 nitrogen and oxygen atoms in total. The second kappa shape index (κ2) is 4.86. The molecular weight excluding hydrogens is 242 g/mol. The largest absolute Gasteiger partial charge is 0.477 e. The summed E-state index contributed by atoms with van der Waals surface area (Å²) in [5.74, 6) is -1.71. The average Bonchev–Trinajstić information content (AvgIpc) is 2.26. The highest BCUT2D eigenvalue weighted by Gasteiger charge is 2.21. The van der Waals surface area contributed by atoms with Crippen LogP contribution in [-0.2, 0) is 5.88 Å². The Bertz CT molecular complexity index is 471. The van der Waals surface area contributed by atoms with E-state index in [9.17, 15) is 13.6 Å². The van der Waals surface area contributed by atoms with Gasteiger partial charge in [-0.15, -0.1) is 11.6 Å². The van der Waals surface area contributed by atoms with E-state index in [1.54, 1.807) is 0 Å². The molecule has 0 spiro atoms. The van der Waals surface area contributed by atoms with Crippen LogP contribution >= 0.6 is 11.6 Å². The normalized spacial score (nSPS) is 10.2. The van der Waals surface area contributed by atoms with E-state index < -0.39 is 29.3 Å². The highest BCUT2D eigenvalue weighted by molar-refractivity contribution is 6.17. The first-order valence-electron chi connectivity index (χ1n) is 4.02. The summed E-state index contributed by atoms with van der Waals surface area (Å²) in [5.41, 5.74) is -1.79. The third kappa shape index (κ3) is 2.25. The second-order valence-electron chi connectivity index (χ2n) is 2.78. The van der Waals surface area contributed by atoms with Gasteiger partial charge in [0.2, 0.25) is 0 Å². The van der Waals surface area contributed by atoms with Crippen molar-refractivity contribution in [3.63, 3.8) is 0 Å². The molecule has 0 aliphatic carbocycles. The Hall–Kier alpha value is -1.74. The first-order chi connectivity index (χ1) is 7.51. The van der Waals surface area contributed by atoms with Crippen LogP contribution in [0.1, 0.15) is 33.7 Å². The zero-order valence-electron chi connectivity index (χ0n) is 7.75. The number of carbonyl (C=O) groups is 1. The van der Waals surface area contributed by atoms with Crippen LogP contribution in [0, 0.1) is 11.3 Å². The minimum absolute atomic E-state index is 0.0967. The maximum Gasteiger partial charge on any atom is 0.354 e. The monoisotopic (exact) mass is 246 g/mol. The summed E-state index contributed by atoms with van der Waals surface area (Å²) in [6.45, 7) is 0. The van der Waals surface area contributed by atoms with Gasteiger partial charge in [0.1, 0.15) is 11.8 Å². The third-order valence-electron chi connectivity index (χ3n) is 1.83. The third-order valence-corrected chi connectivity index (χ3v) is 2.12. The molecule has 84 valence electrons. The summed E-state index contributed by atoms with van der Waals surface area (Å²) >= 11 is 5.42. The van der Waals surface area contributed by atoms with Gasteiger partial charge >= 0.3 is 5.97 Å². The number of carboxylic acids is 1. The maximum absolute atomic E-state index is 12.6. The first kappa shape index (κ1) is 12.3. The fourth-order valence-corrected chi connectivity index (χ4v) is 1.38. The van der Waals surface area contributed by atoms with Gasteiger partial charge in [0.05, 0.1) is 5.56 Å². The molecule has 1 heterocycles. The second-order valence-corrected chi connectivity index (χ2v) is 3.05. The highest BCUT2D eigenvalue weighted by atomic mass is 35.5. The summed E-state index contributed by atoms with van der Waals surface area (Å²) < 4.78 is 25.2. The van der Waals surface area contributed by atoms with E-state index in [1.165, 1.54) is 6.07 Å². The Morgan fingerprint density at radius 3 is 2.69 bits per heavy atom. The Labute approximate surface area is 94.1 Å². The molecule has 0 bridgehead atoms. The summed E-state index contributed by atoms with van der Waals surface area (Å²) in [6.07, 6.45) is -2.92. The van der Waals surface area contributed by atoms with E-state index in [4.69, 9.17) is 22.0 Å². The zero-order valence-corrected chi connectivity index (χ0v) is 8.50. The Balaban J connectivity index is 3.51. The van der Waals surface area contributed by atoms with Crippen molar-refractivity contribution in [3.8, 4) is 6.07 Å². The summed E-state index contributed by atoms with van der Waals surface area (Å²) in [4.78, 5) is 13.9. The molecule has 1 rings (SSSR count). The number of halogens is 3. The number of rotatable bonds is 3.